The van der Waals surface area contributed by atoms with E-state index in [1.165, 1.54) is 32.1 Å². The lowest BCUT2D eigenvalue weighted by Gasteiger charge is -2.23. The summed E-state index contributed by atoms with van der Waals surface area (Å²) in [5, 5.41) is 13.2. The van der Waals surface area contributed by atoms with Gasteiger partial charge in [0.25, 0.3) is 5.91 Å². The summed E-state index contributed by atoms with van der Waals surface area (Å²) >= 11 is 0. The fourth-order valence-electron chi connectivity index (χ4n) is 4.85. The number of rotatable bonds is 15. The van der Waals surface area contributed by atoms with Gasteiger partial charge in [0, 0.05) is 36.4 Å². The Bertz CT molecular complexity index is 996. The highest BCUT2D eigenvalue weighted by Gasteiger charge is 2.19. The molecule has 1 aromatic carbocycles. The second-order valence-electron chi connectivity index (χ2n) is 9.89. The summed E-state index contributed by atoms with van der Waals surface area (Å²) in [5.41, 5.74) is 6.65. The van der Waals surface area contributed by atoms with Crippen LogP contribution in [0.15, 0.2) is 24.3 Å². The van der Waals surface area contributed by atoms with Gasteiger partial charge in [0.1, 0.15) is 0 Å². The van der Waals surface area contributed by atoms with E-state index < -0.39 is 0 Å². The molecule has 2 aliphatic rings. The van der Waals surface area contributed by atoms with Crippen molar-refractivity contribution in [2.24, 2.45) is 5.73 Å². The molecular formula is C27H42N8O3. The molecule has 0 unspecified atom stereocenters. The highest BCUT2D eigenvalue weighted by molar-refractivity contribution is 5.95. The van der Waals surface area contributed by atoms with E-state index in [9.17, 15) is 4.79 Å². The van der Waals surface area contributed by atoms with Crippen molar-refractivity contribution in [2.75, 3.05) is 55.5 Å². The summed E-state index contributed by atoms with van der Waals surface area (Å²) in [4.78, 5) is 26.6. The third-order valence-electron chi connectivity index (χ3n) is 6.81. The molecule has 208 valence electrons. The molecule has 2 saturated carbocycles. The van der Waals surface area contributed by atoms with Crippen LogP contribution in [0.4, 0.5) is 23.5 Å². The Morgan fingerprint density at radius 1 is 0.816 bits per heavy atom. The molecule has 1 amide bonds. The second-order valence-corrected chi connectivity index (χ2v) is 9.89. The van der Waals surface area contributed by atoms with Crippen molar-refractivity contribution >= 4 is 29.4 Å². The van der Waals surface area contributed by atoms with Crippen LogP contribution < -0.4 is 27.0 Å². The average molecular weight is 527 g/mol. The Morgan fingerprint density at radius 2 is 1.42 bits per heavy atom. The van der Waals surface area contributed by atoms with E-state index in [-0.39, 0.29) is 5.91 Å². The summed E-state index contributed by atoms with van der Waals surface area (Å²) in [7, 11) is 0. The standard InChI is InChI=1S/C27H42N8O3/c28-13-15-37-17-18-38-16-14-29-24(36)20-7-6-12-23(19-20)32-27-34-25(30-21-8-2-1-3-9-21)33-26(35-27)31-22-10-4-5-11-22/h6-7,12,19,21-22H,1-5,8-11,13-18,28H2,(H,29,36)(H3,30,31,32,33,34,35). The maximum Gasteiger partial charge on any atom is 0.251 e. The lowest BCUT2D eigenvalue weighted by molar-refractivity contribution is 0.0511. The first kappa shape index (κ1) is 28.0. The zero-order chi connectivity index (χ0) is 26.4. The molecule has 38 heavy (non-hydrogen) atoms. The Labute approximate surface area is 225 Å². The summed E-state index contributed by atoms with van der Waals surface area (Å²) in [6, 6.07) is 8.07. The number of amides is 1. The number of nitrogens with zero attached hydrogens (tertiary/aromatic N) is 3. The van der Waals surface area contributed by atoms with Gasteiger partial charge in [0.15, 0.2) is 0 Å². The molecule has 11 heteroatoms. The van der Waals surface area contributed by atoms with Crippen LogP contribution in [-0.2, 0) is 9.47 Å². The van der Waals surface area contributed by atoms with Gasteiger partial charge in [0.05, 0.1) is 26.4 Å². The van der Waals surface area contributed by atoms with Crippen LogP contribution >= 0.6 is 0 Å². The summed E-state index contributed by atoms with van der Waals surface area (Å²) in [5.74, 6) is 1.43. The fourth-order valence-corrected chi connectivity index (χ4v) is 4.85. The number of carbonyl (C=O) groups is 1. The van der Waals surface area contributed by atoms with Crippen molar-refractivity contribution in [3.8, 4) is 0 Å². The summed E-state index contributed by atoms with van der Waals surface area (Å²) < 4.78 is 10.7. The molecular weight excluding hydrogens is 484 g/mol. The Morgan fingerprint density at radius 3 is 2.08 bits per heavy atom. The maximum atomic E-state index is 12.7. The van der Waals surface area contributed by atoms with Crippen molar-refractivity contribution in [3.05, 3.63) is 29.8 Å². The minimum absolute atomic E-state index is 0.171. The molecule has 0 atom stereocenters. The molecule has 0 radical (unpaired) electrons. The molecule has 1 aromatic heterocycles. The third-order valence-corrected chi connectivity index (χ3v) is 6.81. The first-order chi connectivity index (χ1) is 18.7. The van der Waals surface area contributed by atoms with Gasteiger partial charge in [-0.1, -0.05) is 38.2 Å². The predicted molar refractivity (Wildman–Crippen MR) is 149 cm³/mol. The van der Waals surface area contributed by atoms with Gasteiger partial charge in [-0.3, -0.25) is 4.79 Å². The molecule has 0 aliphatic heterocycles. The number of hydrogen-bond donors (Lipinski definition) is 5. The highest BCUT2D eigenvalue weighted by Crippen LogP contribution is 2.24. The first-order valence-corrected chi connectivity index (χ1v) is 14.0. The van der Waals surface area contributed by atoms with E-state index in [1.807, 2.05) is 12.1 Å². The monoisotopic (exact) mass is 526 g/mol. The summed E-state index contributed by atoms with van der Waals surface area (Å²) in [6.45, 7) is 2.80. The van der Waals surface area contributed by atoms with Crippen molar-refractivity contribution in [1.29, 1.82) is 0 Å². The first-order valence-electron chi connectivity index (χ1n) is 14.0. The van der Waals surface area contributed by atoms with Crippen molar-refractivity contribution < 1.29 is 14.3 Å². The van der Waals surface area contributed by atoms with E-state index in [0.29, 0.717) is 75.0 Å². The van der Waals surface area contributed by atoms with Gasteiger partial charge >= 0.3 is 0 Å². The van der Waals surface area contributed by atoms with Crippen LogP contribution in [0, 0.1) is 0 Å². The molecule has 4 rings (SSSR count). The highest BCUT2D eigenvalue weighted by atomic mass is 16.5. The molecule has 2 fully saturated rings. The number of ether oxygens (including phenoxy) is 2. The number of hydrogen-bond acceptors (Lipinski definition) is 10. The smallest absolute Gasteiger partial charge is 0.251 e. The van der Waals surface area contributed by atoms with Crippen LogP contribution in [0.2, 0.25) is 0 Å². The van der Waals surface area contributed by atoms with E-state index in [4.69, 9.17) is 15.2 Å². The zero-order valence-electron chi connectivity index (χ0n) is 22.2. The zero-order valence-corrected chi connectivity index (χ0v) is 22.2. The van der Waals surface area contributed by atoms with E-state index in [2.05, 4.69) is 36.2 Å². The molecule has 0 spiro atoms. The van der Waals surface area contributed by atoms with Crippen LogP contribution in [-0.4, -0.2) is 72.5 Å². The lowest BCUT2D eigenvalue weighted by Crippen LogP contribution is -2.27. The van der Waals surface area contributed by atoms with Crippen LogP contribution in [0.25, 0.3) is 0 Å². The second kappa shape index (κ2) is 15.4. The van der Waals surface area contributed by atoms with Gasteiger partial charge in [-0.25, -0.2) is 0 Å². The molecule has 2 aliphatic carbocycles. The molecule has 0 bridgehead atoms. The minimum atomic E-state index is -0.171. The predicted octanol–water partition coefficient (Wildman–Crippen LogP) is 3.44. The summed E-state index contributed by atoms with van der Waals surface area (Å²) in [6.07, 6.45) is 10.7. The van der Waals surface area contributed by atoms with Gasteiger partial charge < -0.3 is 36.5 Å². The molecule has 1 heterocycles. The molecule has 0 saturated heterocycles. The van der Waals surface area contributed by atoms with Gasteiger partial charge in [-0.2, -0.15) is 15.0 Å². The Kier molecular flexibility index (Phi) is 11.4. The van der Waals surface area contributed by atoms with Crippen LogP contribution in [0.3, 0.4) is 0 Å². The Hall–Kier alpha value is -3.02. The quantitative estimate of drug-likeness (QED) is 0.219. The molecule has 2 aromatic rings. The maximum absolute atomic E-state index is 12.7. The van der Waals surface area contributed by atoms with Crippen molar-refractivity contribution in [1.82, 2.24) is 20.3 Å². The average Bonchev–Trinajstić information content (AvgIpc) is 3.44. The van der Waals surface area contributed by atoms with Gasteiger partial charge in [-0.05, 0) is 43.9 Å². The number of nitrogens with one attached hydrogen (secondary N) is 4. The number of carbonyl (C=O) groups excluding carboxylic acids is 1. The van der Waals surface area contributed by atoms with E-state index >= 15 is 0 Å². The number of anilines is 4. The third kappa shape index (κ3) is 9.38. The normalized spacial score (nSPS) is 16.3. The van der Waals surface area contributed by atoms with Crippen molar-refractivity contribution in [3.63, 3.8) is 0 Å². The number of nitrogens with two attached hydrogens (primary N) is 1. The Balaban J connectivity index is 1.35. The topological polar surface area (TPSA) is 148 Å². The molecule has 6 N–H and O–H groups in total. The van der Waals surface area contributed by atoms with Crippen LogP contribution in [0.5, 0.6) is 0 Å². The van der Waals surface area contributed by atoms with E-state index in [1.54, 1.807) is 12.1 Å². The van der Waals surface area contributed by atoms with Gasteiger partial charge in [-0.15, -0.1) is 0 Å². The van der Waals surface area contributed by atoms with Crippen LogP contribution in [0.1, 0.15) is 68.1 Å². The molecule has 11 nitrogen and oxygen atoms in total. The SMILES string of the molecule is NCCOCCOCCNC(=O)c1cccc(Nc2nc(NC3CCCCC3)nc(NC3CCCC3)n2)c1. The largest absolute Gasteiger partial charge is 0.378 e. The minimum Gasteiger partial charge on any atom is -0.378 e. The number of aromatic nitrogens is 3. The fraction of sp³-hybridized carbons (Fsp3) is 0.630. The van der Waals surface area contributed by atoms with E-state index in [0.717, 1.165) is 31.4 Å². The van der Waals surface area contributed by atoms with Gasteiger partial charge in [0.2, 0.25) is 17.8 Å². The number of benzene rings is 1. The lowest BCUT2D eigenvalue weighted by atomic mass is 9.96. The van der Waals surface area contributed by atoms with Crippen molar-refractivity contribution in [2.45, 2.75) is 69.9 Å².